The van der Waals surface area contributed by atoms with Gasteiger partial charge in [-0.2, -0.15) is 0 Å². The van der Waals surface area contributed by atoms with Crippen molar-refractivity contribution in [3.63, 3.8) is 0 Å². The first-order chi connectivity index (χ1) is 10.8. The van der Waals surface area contributed by atoms with Crippen molar-refractivity contribution in [2.45, 2.75) is 54.8 Å². The minimum absolute atomic E-state index is 0.669. The number of hydrogen-bond donors (Lipinski definition) is 8. The largest absolute Gasteiger partial charge is 0.394 e. The van der Waals surface area contributed by atoms with Gasteiger partial charge in [-0.05, 0) is 0 Å². The summed E-state index contributed by atoms with van der Waals surface area (Å²) in [7, 11) is 0. The molecule has 2 heterocycles. The summed E-state index contributed by atoms with van der Waals surface area (Å²) in [6, 6.07) is 0. The zero-order valence-electron chi connectivity index (χ0n) is 12.0. The lowest BCUT2D eigenvalue weighted by Crippen LogP contribution is -2.62. The van der Waals surface area contributed by atoms with Crippen LogP contribution in [0, 0.1) is 0 Å². The maximum absolute atomic E-state index is 10.00. The van der Waals surface area contributed by atoms with Crippen LogP contribution in [0.25, 0.3) is 0 Å². The molecular formula is C12H22O11. The fourth-order valence-electron chi connectivity index (χ4n) is 2.63. The highest BCUT2D eigenvalue weighted by Gasteiger charge is 2.58. The van der Waals surface area contributed by atoms with Crippen molar-refractivity contribution in [2.24, 2.45) is 0 Å². The summed E-state index contributed by atoms with van der Waals surface area (Å²) in [4.78, 5) is 0. The SMILES string of the molecule is OC[C@H]1O[C@](CO)(OC2O[C@H](CO)[C@@H](O)[C@H](O)[C@H]2O)[C@H](O)[C@H]1O. The highest BCUT2D eigenvalue weighted by Crippen LogP contribution is 2.35. The maximum atomic E-state index is 10.00. The average molecular weight is 342 g/mol. The van der Waals surface area contributed by atoms with Gasteiger partial charge in [-0.25, -0.2) is 0 Å². The molecule has 23 heavy (non-hydrogen) atoms. The van der Waals surface area contributed by atoms with E-state index in [-0.39, 0.29) is 0 Å². The fourth-order valence-corrected chi connectivity index (χ4v) is 2.63. The van der Waals surface area contributed by atoms with Gasteiger partial charge >= 0.3 is 0 Å². The molecule has 0 amide bonds. The van der Waals surface area contributed by atoms with Gasteiger partial charge in [0.15, 0.2) is 6.29 Å². The molecule has 9 atom stereocenters. The number of ether oxygens (including phenoxy) is 3. The third-order valence-corrected chi connectivity index (χ3v) is 4.07. The van der Waals surface area contributed by atoms with Gasteiger partial charge in [0.2, 0.25) is 5.79 Å². The molecule has 0 aromatic rings. The van der Waals surface area contributed by atoms with Gasteiger partial charge in [-0.1, -0.05) is 0 Å². The molecule has 0 aromatic heterocycles. The molecule has 2 saturated heterocycles. The predicted molar refractivity (Wildman–Crippen MR) is 68.6 cm³/mol. The summed E-state index contributed by atoms with van der Waals surface area (Å²) < 4.78 is 15.4. The van der Waals surface area contributed by atoms with E-state index in [1.165, 1.54) is 0 Å². The lowest BCUT2D eigenvalue weighted by Gasteiger charge is -2.43. The van der Waals surface area contributed by atoms with Crippen LogP contribution in [0.3, 0.4) is 0 Å². The molecule has 2 aliphatic heterocycles. The van der Waals surface area contributed by atoms with Crippen LogP contribution in [-0.4, -0.2) is 115 Å². The van der Waals surface area contributed by atoms with Crippen molar-refractivity contribution < 1.29 is 55.1 Å². The summed E-state index contributed by atoms with van der Waals surface area (Å²) in [5.74, 6) is -2.22. The average Bonchev–Trinajstić information content (AvgIpc) is 2.80. The molecule has 0 aliphatic carbocycles. The van der Waals surface area contributed by atoms with Gasteiger partial charge in [0, 0.05) is 0 Å². The van der Waals surface area contributed by atoms with Crippen molar-refractivity contribution >= 4 is 0 Å². The molecule has 0 radical (unpaired) electrons. The molecule has 1 unspecified atom stereocenters. The molecule has 8 N–H and O–H groups in total. The van der Waals surface area contributed by atoms with Crippen molar-refractivity contribution in [1.29, 1.82) is 0 Å². The van der Waals surface area contributed by atoms with Crippen LogP contribution in [0.5, 0.6) is 0 Å². The molecule has 11 heteroatoms. The van der Waals surface area contributed by atoms with Gasteiger partial charge in [-0.15, -0.1) is 0 Å². The topological polar surface area (TPSA) is 190 Å². The first kappa shape index (κ1) is 18.9. The third kappa shape index (κ3) is 3.23. The van der Waals surface area contributed by atoms with Crippen LogP contribution >= 0.6 is 0 Å². The molecule has 0 bridgehead atoms. The molecule has 136 valence electrons. The number of aliphatic hydroxyl groups excluding tert-OH is 8. The molecule has 2 rings (SSSR count). The van der Waals surface area contributed by atoms with Gasteiger partial charge < -0.3 is 55.1 Å². The maximum Gasteiger partial charge on any atom is 0.224 e. The Morgan fingerprint density at radius 3 is 1.87 bits per heavy atom. The van der Waals surface area contributed by atoms with Crippen molar-refractivity contribution in [2.75, 3.05) is 19.8 Å². The minimum atomic E-state index is -2.22. The van der Waals surface area contributed by atoms with Crippen LogP contribution in [0.4, 0.5) is 0 Å². The lowest BCUT2D eigenvalue weighted by atomic mass is 9.99. The smallest absolute Gasteiger partial charge is 0.224 e. The Morgan fingerprint density at radius 1 is 0.783 bits per heavy atom. The van der Waals surface area contributed by atoms with E-state index in [4.69, 9.17) is 24.4 Å². The monoisotopic (exact) mass is 342 g/mol. The normalized spacial score (nSPS) is 51.1. The summed E-state index contributed by atoms with van der Waals surface area (Å²) in [6.45, 7) is -2.32. The minimum Gasteiger partial charge on any atom is -0.394 e. The highest BCUT2D eigenvalue weighted by molar-refractivity contribution is 4.98. The molecule has 0 aromatic carbocycles. The predicted octanol–water partition coefficient (Wildman–Crippen LogP) is -5.40. The Balaban J connectivity index is 2.18. The summed E-state index contributed by atoms with van der Waals surface area (Å²) in [5, 5.41) is 76.7. The molecular weight excluding hydrogens is 320 g/mol. The second kappa shape index (κ2) is 7.21. The van der Waals surface area contributed by atoms with E-state index in [0.29, 0.717) is 0 Å². The molecule has 11 nitrogen and oxygen atoms in total. The first-order valence-corrected chi connectivity index (χ1v) is 7.05. The zero-order chi connectivity index (χ0) is 17.4. The van der Waals surface area contributed by atoms with Crippen molar-refractivity contribution in [3.8, 4) is 0 Å². The van der Waals surface area contributed by atoms with Gasteiger partial charge in [-0.3, -0.25) is 0 Å². The van der Waals surface area contributed by atoms with E-state index < -0.39 is 74.6 Å². The Kier molecular flexibility index (Phi) is 5.92. The van der Waals surface area contributed by atoms with Gasteiger partial charge in [0.1, 0.15) is 49.3 Å². The van der Waals surface area contributed by atoms with E-state index in [0.717, 1.165) is 0 Å². The quantitative estimate of drug-likeness (QED) is 0.238. The summed E-state index contributed by atoms with van der Waals surface area (Å²) in [6.07, 6.45) is -12.7. The van der Waals surface area contributed by atoms with Crippen LogP contribution < -0.4 is 0 Å². The molecule has 2 fully saturated rings. The Labute approximate surface area is 130 Å². The molecule has 2 aliphatic rings. The van der Waals surface area contributed by atoms with E-state index in [9.17, 15) is 30.6 Å². The molecule has 0 spiro atoms. The lowest BCUT2D eigenvalue weighted by molar-refractivity contribution is -0.383. The number of hydrogen-bond acceptors (Lipinski definition) is 11. The highest BCUT2D eigenvalue weighted by atomic mass is 16.8. The Hall–Kier alpha value is -0.440. The second-order valence-corrected chi connectivity index (χ2v) is 5.56. The van der Waals surface area contributed by atoms with Crippen LogP contribution in [0.15, 0.2) is 0 Å². The summed E-state index contributed by atoms with van der Waals surface area (Å²) in [5.41, 5.74) is 0. The van der Waals surface area contributed by atoms with Crippen molar-refractivity contribution in [1.82, 2.24) is 0 Å². The second-order valence-electron chi connectivity index (χ2n) is 5.56. The standard InChI is InChI=1S/C12H22O11/c13-1-4-6(16)8(18)9(19)11(21-4)23-12(3-15)10(20)7(17)5(2-14)22-12/h4-11,13-20H,1-3H2/t4-,5-,6-,7+,8+,9-,10-,11?,12-/m1/s1. The third-order valence-electron chi connectivity index (χ3n) is 4.07. The number of rotatable bonds is 5. The van der Waals surface area contributed by atoms with Crippen LogP contribution in [-0.2, 0) is 14.2 Å². The first-order valence-electron chi connectivity index (χ1n) is 7.05. The van der Waals surface area contributed by atoms with E-state index >= 15 is 0 Å². The molecule has 0 saturated carbocycles. The zero-order valence-corrected chi connectivity index (χ0v) is 12.0. The Bertz CT molecular complexity index is 393. The van der Waals surface area contributed by atoms with Gasteiger partial charge in [0.25, 0.3) is 0 Å². The van der Waals surface area contributed by atoms with Crippen molar-refractivity contribution in [3.05, 3.63) is 0 Å². The Morgan fingerprint density at radius 2 is 1.39 bits per heavy atom. The van der Waals surface area contributed by atoms with Gasteiger partial charge in [0.05, 0.1) is 13.2 Å². The van der Waals surface area contributed by atoms with E-state index in [1.54, 1.807) is 0 Å². The van der Waals surface area contributed by atoms with Crippen LogP contribution in [0.1, 0.15) is 0 Å². The van der Waals surface area contributed by atoms with Crippen LogP contribution in [0.2, 0.25) is 0 Å². The summed E-state index contributed by atoms with van der Waals surface area (Å²) >= 11 is 0. The van der Waals surface area contributed by atoms with E-state index in [2.05, 4.69) is 0 Å². The fraction of sp³-hybridized carbons (Fsp3) is 1.00. The van der Waals surface area contributed by atoms with E-state index in [1.807, 2.05) is 0 Å². The number of aliphatic hydroxyl groups is 8.